The number of rotatable bonds is 2. The van der Waals surface area contributed by atoms with E-state index >= 15 is 0 Å². The molecule has 0 fully saturated rings. The van der Waals surface area contributed by atoms with E-state index in [-0.39, 0.29) is 0 Å². The van der Waals surface area contributed by atoms with Crippen LogP contribution in [0, 0.1) is 6.92 Å². The van der Waals surface area contributed by atoms with E-state index in [1.165, 1.54) is 0 Å². The van der Waals surface area contributed by atoms with Crippen molar-refractivity contribution in [1.82, 2.24) is 19.9 Å². The number of imidazole rings is 1. The lowest BCUT2D eigenvalue weighted by Gasteiger charge is -2.00. The Morgan fingerprint density at radius 3 is 2.86 bits per heavy atom. The third-order valence-corrected chi connectivity index (χ3v) is 3.54. The Balaban J connectivity index is 1.76. The third kappa shape index (κ3) is 1.95. The monoisotopic (exact) mass is 294 g/mol. The van der Waals surface area contributed by atoms with Gasteiger partial charge in [-0.15, -0.1) is 0 Å². The van der Waals surface area contributed by atoms with Crippen molar-refractivity contribution in [2.75, 3.05) is 11.5 Å². The van der Waals surface area contributed by atoms with Gasteiger partial charge in [-0.25, -0.2) is 15.0 Å². The summed E-state index contributed by atoms with van der Waals surface area (Å²) in [5.74, 6) is 2.37. The first-order chi connectivity index (χ1) is 10.6. The minimum Gasteiger partial charge on any atom is -0.457 e. The van der Waals surface area contributed by atoms with Crippen LogP contribution in [0.15, 0.2) is 28.8 Å². The molecular formula is C15H14N6O. The second-order valence-electron chi connectivity index (χ2n) is 5.22. The Labute approximate surface area is 125 Å². The van der Waals surface area contributed by atoms with E-state index in [0.29, 0.717) is 29.2 Å². The Kier molecular flexibility index (Phi) is 2.56. The summed E-state index contributed by atoms with van der Waals surface area (Å²) in [6, 6.07) is 5.73. The molecule has 0 saturated carbocycles. The molecule has 4 rings (SSSR count). The number of aryl methyl sites for hydroxylation is 1. The van der Waals surface area contributed by atoms with Gasteiger partial charge in [0.15, 0.2) is 17.2 Å². The van der Waals surface area contributed by atoms with Crippen LogP contribution in [0.1, 0.15) is 17.3 Å². The molecule has 0 aliphatic heterocycles. The zero-order valence-corrected chi connectivity index (χ0v) is 11.9. The SMILES string of the molecule is Cc1nc2c(N)nc(Cc3cc4ccnc(N)c4o3)cc2[nH]1. The quantitative estimate of drug-likeness (QED) is 0.521. The number of nitrogens with two attached hydrogens (primary N) is 2. The summed E-state index contributed by atoms with van der Waals surface area (Å²) in [6.07, 6.45) is 2.18. The number of nitrogen functional groups attached to an aromatic ring is 2. The summed E-state index contributed by atoms with van der Waals surface area (Å²) in [6.45, 7) is 1.88. The van der Waals surface area contributed by atoms with Gasteiger partial charge in [0.25, 0.3) is 0 Å². The van der Waals surface area contributed by atoms with Gasteiger partial charge in [0.05, 0.1) is 11.2 Å². The van der Waals surface area contributed by atoms with Gasteiger partial charge in [-0.2, -0.15) is 0 Å². The fourth-order valence-electron chi connectivity index (χ4n) is 2.61. The molecule has 0 spiro atoms. The highest BCUT2D eigenvalue weighted by molar-refractivity contribution is 5.86. The number of anilines is 2. The largest absolute Gasteiger partial charge is 0.457 e. The highest BCUT2D eigenvalue weighted by Gasteiger charge is 2.11. The van der Waals surface area contributed by atoms with E-state index < -0.39 is 0 Å². The average molecular weight is 294 g/mol. The molecule has 0 amide bonds. The standard InChI is InChI=1S/C15H14N6O/c1-7-19-11-6-9(21-14(16)12(11)20-7)5-10-4-8-2-3-18-15(17)13(8)22-10/h2-4,6H,5H2,1H3,(H2,16,21)(H2,17,18)(H,19,20). The molecule has 110 valence electrons. The lowest BCUT2D eigenvalue weighted by molar-refractivity contribution is 0.561. The van der Waals surface area contributed by atoms with Gasteiger partial charge >= 0.3 is 0 Å². The van der Waals surface area contributed by atoms with Gasteiger partial charge < -0.3 is 20.9 Å². The average Bonchev–Trinajstić information content (AvgIpc) is 3.02. The number of pyridine rings is 2. The molecule has 0 aromatic carbocycles. The van der Waals surface area contributed by atoms with Crippen molar-refractivity contribution in [3.63, 3.8) is 0 Å². The van der Waals surface area contributed by atoms with Crippen molar-refractivity contribution < 1.29 is 4.42 Å². The maximum absolute atomic E-state index is 5.97. The lowest BCUT2D eigenvalue weighted by atomic mass is 10.2. The molecular weight excluding hydrogens is 280 g/mol. The van der Waals surface area contributed by atoms with Gasteiger partial charge in [0.1, 0.15) is 17.1 Å². The topological polar surface area (TPSA) is 120 Å². The first-order valence-electron chi connectivity index (χ1n) is 6.85. The normalized spacial score (nSPS) is 11.5. The molecule has 0 saturated heterocycles. The number of hydrogen-bond acceptors (Lipinski definition) is 6. The molecule has 0 atom stereocenters. The van der Waals surface area contributed by atoms with E-state index in [1.54, 1.807) is 6.20 Å². The molecule has 0 radical (unpaired) electrons. The van der Waals surface area contributed by atoms with E-state index in [2.05, 4.69) is 19.9 Å². The second kappa shape index (κ2) is 4.45. The first-order valence-corrected chi connectivity index (χ1v) is 6.85. The Hall–Kier alpha value is -3.09. The van der Waals surface area contributed by atoms with Crippen LogP contribution < -0.4 is 11.5 Å². The minimum atomic E-state index is 0.385. The second-order valence-corrected chi connectivity index (χ2v) is 5.22. The van der Waals surface area contributed by atoms with Crippen LogP contribution in [0.5, 0.6) is 0 Å². The van der Waals surface area contributed by atoms with Crippen LogP contribution in [0.4, 0.5) is 11.6 Å². The number of H-pyrrole nitrogens is 1. The number of nitrogens with one attached hydrogen (secondary N) is 1. The Morgan fingerprint density at radius 1 is 1.18 bits per heavy atom. The van der Waals surface area contributed by atoms with Crippen LogP contribution in [0.3, 0.4) is 0 Å². The van der Waals surface area contributed by atoms with Crippen LogP contribution in [0.25, 0.3) is 22.0 Å². The van der Waals surface area contributed by atoms with E-state index in [0.717, 1.165) is 28.2 Å². The Morgan fingerprint density at radius 2 is 2.05 bits per heavy atom. The molecule has 4 aromatic heterocycles. The molecule has 22 heavy (non-hydrogen) atoms. The van der Waals surface area contributed by atoms with Gasteiger partial charge in [-0.1, -0.05) is 0 Å². The third-order valence-electron chi connectivity index (χ3n) is 3.54. The van der Waals surface area contributed by atoms with Crippen molar-refractivity contribution >= 4 is 33.6 Å². The summed E-state index contributed by atoms with van der Waals surface area (Å²) >= 11 is 0. The molecule has 7 nitrogen and oxygen atoms in total. The summed E-state index contributed by atoms with van der Waals surface area (Å²) in [4.78, 5) is 15.9. The van der Waals surface area contributed by atoms with Crippen LogP contribution in [0.2, 0.25) is 0 Å². The fourth-order valence-corrected chi connectivity index (χ4v) is 2.61. The number of aromatic nitrogens is 4. The van der Waals surface area contributed by atoms with E-state index in [1.807, 2.05) is 25.1 Å². The van der Waals surface area contributed by atoms with E-state index in [4.69, 9.17) is 15.9 Å². The lowest BCUT2D eigenvalue weighted by Crippen LogP contribution is -1.97. The van der Waals surface area contributed by atoms with E-state index in [9.17, 15) is 0 Å². The maximum atomic E-state index is 5.97. The summed E-state index contributed by atoms with van der Waals surface area (Å²) in [5.41, 5.74) is 14.8. The molecule has 0 aliphatic carbocycles. The predicted molar refractivity (Wildman–Crippen MR) is 84.3 cm³/mol. The highest BCUT2D eigenvalue weighted by atomic mass is 16.3. The van der Waals surface area contributed by atoms with Gasteiger partial charge in [-0.05, 0) is 25.1 Å². The molecule has 4 heterocycles. The van der Waals surface area contributed by atoms with Crippen LogP contribution >= 0.6 is 0 Å². The zero-order valence-electron chi connectivity index (χ0n) is 11.9. The number of furan rings is 1. The Bertz CT molecular complexity index is 1000. The predicted octanol–water partition coefficient (Wildman–Crippen LogP) is 2.16. The molecule has 7 heteroatoms. The fraction of sp³-hybridized carbons (Fsp3) is 0.133. The molecule has 0 unspecified atom stereocenters. The van der Waals surface area contributed by atoms with Crippen LogP contribution in [-0.2, 0) is 6.42 Å². The van der Waals surface area contributed by atoms with Gasteiger partial charge in [-0.3, -0.25) is 0 Å². The van der Waals surface area contributed by atoms with Gasteiger partial charge in [0.2, 0.25) is 0 Å². The first kappa shape index (κ1) is 12.6. The highest BCUT2D eigenvalue weighted by Crippen LogP contribution is 2.25. The molecule has 5 N–H and O–H groups in total. The van der Waals surface area contributed by atoms with Crippen molar-refractivity contribution in [2.45, 2.75) is 13.3 Å². The van der Waals surface area contributed by atoms with Crippen molar-refractivity contribution in [3.8, 4) is 0 Å². The summed E-state index contributed by atoms with van der Waals surface area (Å²) < 4.78 is 5.77. The molecule has 0 aliphatic rings. The summed E-state index contributed by atoms with van der Waals surface area (Å²) in [5, 5.41) is 0.925. The smallest absolute Gasteiger partial charge is 0.176 e. The number of fused-ring (bicyclic) bond motifs is 2. The number of aromatic amines is 1. The van der Waals surface area contributed by atoms with Gasteiger partial charge in [0, 0.05) is 18.0 Å². The van der Waals surface area contributed by atoms with Crippen LogP contribution in [-0.4, -0.2) is 19.9 Å². The van der Waals surface area contributed by atoms with Crippen molar-refractivity contribution in [1.29, 1.82) is 0 Å². The van der Waals surface area contributed by atoms with Crippen molar-refractivity contribution in [2.24, 2.45) is 0 Å². The zero-order chi connectivity index (χ0) is 15.3. The van der Waals surface area contributed by atoms with Crippen molar-refractivity contribution in [3.05, 3.63) is 41.7 Å². The maximum Gasteiger partial charge on any atom is 0.176 e. The molecule has 0 bridgehead atoms. The number of hydrogen-bond donors (Lipinski definition) is 3. The number of nitrogens with zero attached hydrogens (tertiary/aromatic N) is 3. The summed E-state index contributed by atoms with van der Waals surface area (Å²) in [7, 11) is 0. The molecule has 4 aromatic rings. The minimum absolute atomic E-state index is 0.385.